The average Bonchev–Trinajstić information content (AvgIpc) is 3.06. The van der Waals surface area contributed by atoms with Gasteiger partial charge in [-0.3, -0.25) is 9.59 Å². The molecular weight excluding hydrogens is 523 g/mol. The van der Waals surface area contributed by atoms with Crippen molar-refractivity contribution in [2.24, 2.45) is 46.3 Å². The number of rotatable bonds is 6. The van der Waals surface area contributed by atoms with Crippen LogP contribution in [-0.2, 0) is 14.3 Å². The van der Waals surface area contributed by atoms with Gasteiger partial charge >= 0.3 is 5.97 Å². The highest BCUT2D eigenvalue weighted by atomic mass is 127. The molecule has 4 aliphatic rings. The molecule has 0 N–H and O–H groups in total. The first kappa shape index (κ1) is 25.7. The number of fused-ring (bicyclic) bond motifs is 5. The fraction of sp³-hybridized carbons (Fsp3) is 0.862. The first-order valence-corrected chi connectivity index (χ1v) is 14.8. The monoisotopic (exact) mass is 568 g/mol. The maximum absolute atomic E-state index is 13.5. The molecule has 3 fully saturated rings. The highest BCUT2D eigenvalue weighted by Gasteiger charge is 2.61. The van der Waals surface area contributed by atoms with E-state index in [0.717, 1.165) is 24.2 Å². The summed E-state index contributed by atoms with van der Waals surface area (Å²) in [7, 11) is 0. The molecule has 0 bridgehead atoms. The molecule has 0 saturated heterocycles. The molecule has 0 aromatic rings. The Bertz CT molecular complexity index is 803. The summed E-state index contributed by atoms with van der Waals surface area (Å²) in [4.78, 5) is 25.2. The maximum atomic E-state index is 13.5. The Morgan fingerprint density at radius 2 is 1.79 bits per heavy atom. The van der Waals surface area contributed by atoms with E-state index >= 15 is 0 Å². The lowest BCUT2D eigenvalue weighted by Crippen LogP contribution is -2.55. The largest absolute Gasteiger partial charge is 0.461 e. The van der Waals surface area contributed by atoms with E-state index in [1.54, 1.807) is 0 Å². The van der Waals surface area contributed by atoms with E-state index in [-0.39, 0.29) is 27.3 Å². The van der Waals surface area contributed by atoms with Gasteiger partial charge < -0.3 is 4.74 Å². The van der Waals surface area contributed by atoms with Gasteiger partial charge in [0.15, 0.2) is 5.78 Å². The van der Waals surface area contributed by atoms with E-state index in [1.807, 2.05) is 0 Å². The summed E-state index contributed by atoms with van der Waals surface area (Å²) < 4.78 is 5.92. The van der Waals surface area contributed by atoms with Crippen molar-refractivity contribution < 1.29 is 14.3 Å². The minimum absolute atomic E-state index is 0.00173. The molecule has 0 aromatic heterocycles. The molecule has 0 spiro atoms. The molecule has 0 heterocycles. The van der Waals surface area contributed by atoms with Gasteiger partial charge in [0.25, 0.3) is 0 Å². The summed E-state index contributed by atoms with van der Waals surface area (Å²) in [6, 6.07) is 0. The van der Waals surface area contributed by atoms with Gasteiger partial charge in [0.1, 0.15) is 6.10 Å². The van der Waals surface area contributed by atoms with Crippen molar-refractivity contribution in [3.05, 3.63) is 11.6 Å². The molecule has 33 heavy (non-hydrogen) atoms. The van der Waals surface area contributed by atoms with Crippen LogP contribution in [0, 0.1) is 46.3 Å². The van der Waals surface area contributed by atoms with Crippen LogP contribution in [0.2, 0.25) is 0 Å². The SMILES string of the molecule is CC(=O)O[C@@H]1C[C@@H]2C(=O)C=C3[C@H](CC[C@]4(C)[C@@H]([C@H](C)CCCC(C)C)CC[C@@H]34)[C@@]2(C)C[C@H]1I. The standard InChI is InChI=1S/C29H45IO3/c1-17(2)8-7-9-18(3)21-10-11-22-20-14-26(32)24-15-27(33-19(4)31)25(30)16-29(24,6)23(20)12-13-28(21,22)5/h14,17-18,21-25,27H,7-13,15-16H2,1-6H3/t18-,21-,22+,23+,24-,25-,27-,28-,29-/m1/s1. The number of esters is 1. The molecule has 3 nitrogen and oxygen atoms in total. The Morgan fingerprint density at radius 1 is 1.09 bits per heavy atom. The van der Waals surface area contributed by atoms with Crippen LogP contribution in [0.3, 0.4) is 0 Å². The molecule has 186 valence electrons. The number of hydrogen-bond acceptors (Lipinski definition) is 3. The molecule has 0 aliphatic heterocycles. The van der Waals surface area contributed by atoms with Crippen LogP contribution in [0.1, 0.15) is 99.3 Å². The smallest absolute Gasteiger partial charge is 0.302 e. The number of alkyl halides is 1. The average molecular weight is 569 g/mol. The second-order valence-electron chi connectivity index (χ2n) is 12.8. The van der Waals surface area contributed by atoms with Crippen molar-refractivity contribution in [3.63, 3.8) is 0 Å². The number of ether oxygens (including phenoxy) is 1. The lowest BCUT2D eigenvalue weighted by Gasteiger charge is -2.58. The van der Waals surface area contributed by atoms with E-state index < -0.39 is 0 Å². The van der Waals surface area contributed by atoms with Gasteiger partial charge in [0.2, 0.25) is 0 Å². The van der Waals surface area contributed by atoms with Crippen molar-refractivity contribution >= 4 is 34.3 Å². The molecule has 0 aromatic carbocycles. The van der Waals surface area contributed by atoms with Crippen LogP contribution in [0.15, 0.2) is 11.6 Å². The molecule has 9 atom stereocenters. The van der Waals surface area contributed by atoms with Crippen molar-refractivity contribution in [1.29, 1.82) is 0 Å². The van der Waals surface area contributed by atoms with Crippen LogP contribution >= 0.6 is 22.6 Å². The Labute approximate surface area is 215 Å². The fourth-order valence-corrected chi connectivity index (χ4v) is 10.1. The van der Waals surface area contributed by atoms with Crippen molar-refractivity contribution in [2.45, 2.75) is 109 Å². The third kappa shape index (κ3) is 4.60. The number of carbonyl (C=O) groups is 2. The third-order valence-electron chi connectivity index (χ3n) is 10.4. The zero-order valence-electron chi connectivity index (χ0n) is 21.7. The summed E-state index contributed by atoms with van der Waals surface area (Å²) in [6.45, 7) is 13.6. The third-order valence-corrected chi connectivity index (χ3v) is 11.6. The summed E-state index contributed by atoms with van der Waals surface area (Å²) >= 11 is 2.48. The lowest BCUT2D eigenvalue weighted by molar-refractivity contribution is -0.154. The molecule has 3 saturated carbocycles. The van der Waals surface area contributed by atoms with Gasteiger partial charge in [-0.1, -0.05) is 82.0 Å². The zero-order valence-corrected chi connectivity index (χ0v) is 23.8. The van der Waals surface area contributed by atoms with Crippen molar-refractivity contribution in [2.75, 3.05) is 0 Å². The van der Waals surface area contributed by atoms with Crippen molar-refractivity contribution in [1.82, 2.24) is 0 Å². The molecular formula is C29H45IO3. The Morgan fingerprint density at radius 3 is 2.45 bits per heavy atom. The Balaban J connectivity index is 1.55. The predicted molar refractivity (Wildman–Crippen MR) is 142 cm³/mol. The predicted octanol–water partition coefficient (Wildman–Crippen LogP) is 7.55. The van der Waals surface area contributed by atoms with E-state index in [1.165, 1.54) is 57.4 Å². The van der Waals surface area contributed by atoms with Gasteiger partial charge in [-0.25, -0.2) is 0 Å². The molecule has 0 unspecified atom stereocenters. The first-order chi connectivity index (χ1) is 15.5. The second kappa shape index (κ2) is 9.58. The molecule has 4 heteroatoms. The molecule has 4 aliphatic carbocycles. The zero-order chi connectivity index (χ0) is 24.1. The highest BCUT2D eigenvalue weighted by molar-refractivity contribution is 14.1. The highest BCUT2D eigenvalue weighted by Crippen LogP contribution is 2.67. The van der Waals surface area contributed by atoms with Gasteiger partial charge in [-0.15, -0.1) is 0 Å². The Kier molecular flexibility index (Phi) is 7.46. The summed E-state index contributed by atoms with van der Waals surface area (Å²) in [5.74, 6) is 3.53. The number of halogens is 1. The maximum Gasteiger partial charge on any atom is 0.302 e. The van der Waals surface area contributed by atoms with Gasteiger partial charge in [-0.05, 0) is 85.0 Å². The lowest BCUT2D eigenvalue weighted by atomic mass is 9.47. The van der Waals surface area contributed by atoms with Crippen LogP contribution < -0.4 is 0 Å². The molecule has 4 rings (SSSR count). The van der Waals surface area contributed by atoms with Gasteiger partial charge in [0, 0.05) is 16.8 Å². The minimum atomic E-state index is -0.224. The molecule has 0 amide bonds. The van der Waals surface area contributed by atoms with Crippen LogP contribution in [0.4, 0.5) is 0 Å². The second-order valence-corrected chi connectivity index (χ2v) is 14.4. The number of hydrogen-bond donors (Lipinski definition) is 0. The number of ketones is 1. The Hall–Kier alpha value is -0.390. The van der Waals surface area contributed by atoms with E-state index in [4.69, 9.17) is 4.74 Å². The van der Waals surface area contributed by atoms with Crippen molar-refractivity contribution in [3.8, 4) is 0 Å². The van der Waals surface area contributed by atoms with Crippen LogP contribution in [0.5, 0.6) is 0 Å². The number of carbonyl (C=O) groups excluding carboxylic acids is 2. The topological polar surface area (TPSA) is 43.4 Å². The van der Waals surface area contributed by atoms with E-state index in [0.29, 0.717) is 29.5 Å². The summed E-state index contributed by atoms with van der Waals surface area (Å²) in [5, 5.41) is 0. The van der Waals surface area contributed by atoms with Gasteiger partial charge in [-0.2, -0.15) is 0 Å². The van der Waals surface area contributed by atoms with Crippen LogP contribution in [0.25, 0.3) is 0 Å². The summed E-state index contributed by atoms with van der Waals surface area (Å²) in [5.41, 5.74) is 1.85. The quantitative estimate of drug-likeness (QED) is 0.189. The normalized spacial score (nSPS) is 43.4. The van der Waals surface area contributed by atoms with Crippen LogP contribution in [-0.4, -0.2) is 21.8 Å². The fourth-order valence-electron chi connectivity index (χ4n) is 8.70. The van der Waals surface area contributed by atoms with E-state index in [2.05, 4.69) is 63.3 Å². The number of allylic oxidation sites excluding steroid dienone is 2. The minimum Gasteiger partial charge on any atom is -0.461 e. The van der Waals surface area contributed by atoms with E-state index in [9.17, 15) is 9.59 Å². The van der Waals surface area contributed by atoms with Gasteiger partial charge in [0.05, 0.1) is 0 Å². The first-order valence-electron chi connectivity index (χ1n) is 13.5. The molecule has 0 radical (unpaired) electrons. The summed E-state index contributed by atoms with van der Waals surface area (Å²) in [6.07, 6.45) is 12.8.